The molecule has 1 aromatic rings. The van der Waals surface area contributed by atoms with Crippen LogP contribution in [0.15, 0.2) is 0 Å². The van der Waals surface area contributed by atoms with E-state index in [1.807, 2.05) is 0 Å². The maximum atomic E-state index is 6.20. The molecule has 4 nitrogen and oxygen atoms in total. The average molecular weight is 241 g/mol. The molecule has 2 rings (SSSR count). The molecule has 1 aliphatic rings. The lowest BCUT2D eigenvalue weighted by molar-refractivity contribution is 0.219. The molecular weight excluding hydrogens is 222 g/mol. The summed E-state index contributed by atoms with van der Waals surface area (Å²) in [7, 11) is 0. The molecule has 0 unspecified atom stereocenters. The van der Waals surface area contributed by atoms with E-state index in [2.05, 4.69) is 23.2 Å². The van der Waals surface area contributed by atoms with Crippen LogP contribution in [0.2, 0.25) is 0 Å². The Kier molecular flexibility index (Phi) is 3.44. The summed E-state index contributed by atoms with van der Waals surface area (Å²) in [4.78, 5) is 4.33. The van der Waals surface area contributed by atoms with Crippen molar-refractivity contribution in [2.24, 2.45) is 5.73 Å². The van der Waals surface area contributed by atoms with Crippen LogP contribution in [-0.2, 0) is 0 Å². The minimum absolute atomic E-state index is 0.135. The van der Waals surface area contributed by atoms with Crippen molar-refractivity contribution in [2.75, 3.05) is 6.61 Å². The summed E-state index contributed by atoms with van der Waals surface area (Å²) in [5.74, 6) is 1.21. The first-order valence-corrected chi connectivity index (χ1v) is 6.62. The molecule has 0 amide bonds. The van der Waals surface area contributed by atoms with Crippen LogP contribution in [-0.4, -0.2) is 21.5 Å². The average Bonchev–Trinajstić information content (AvgIpc) is 2.84. The van der Waals surface area contributed by atoms with Crippen molar-refractivity contribution in [3.8, 4) is 5.19 Å². The van der Waals surface area contributed by atoms with Gasteiger partial charge >= 0.3 is 0 Å². The Morgan fingerprint density at radius 2 is 2.12 bits per heavy atom. The second-order valence-corrected chi connectivity index (χ2v) is 5.65. The number of nitrogens with two attached hydrogens (primary N) is 1. The van der Waals surface area contributed by atoms with Gasteiger partial charge in [0.25, 0.3) is 5.19 Å². The molecular formula is C11H19N3OS. The predicted molar refractivity (Wildman–Crippen MR) is 64.9 cm³/mol. The van der Waals surface area contributed by atoms with E-state index in [9.17, 15) is 0 Å². The van der Waals surface area contributed by atoms with Gasteiger partial charge in [-0.25, -0.2) is 0 Å². The van der Waals surface area contributed by atoms with Gasteiger partial charge in [0.2, 0.25) is 0 Å². The van der Waals surface area contributed by atoms with Gasteiger partial charge in [-0.15, -0.1) is 0 Å². The fourth-order valence-electron chi connectivity index (χ4n) is 1.94. The van der Waals surface area contributed by atoms with E-state index < -0.39 is 0 Å². The van der Waals surface area contributed by atoms with E-state index in [0.717, 1.165) is 18.7 Å². The SMILES string of the molecule is CC(C)c1nsc(OCC2(N)CCCC2)n1. The summed E-state index contributed by atoms with van der Waals surface area (Å²) in [6, 6.07) is 0. The molecule has 16 heavy (non-hydrogen) atoms. The van der Waals surface area contributed by atoms with Crippen LogP contribution in [0.4, 0.5) is 0 Å². The highest BCUT2D eigenvalue weighted by Crippen LogP contribution is 2.28. The maximum Gasteiger partial charge on any atom is 0.293 e. The molecule has 0 bridgehead atoms. The summed E-state index contributed by atoms with van der Waals surface area (Å²) < 4.78 is 9.89. The predicted octanol–water partition coefficient (Wildman–Crippen LogP) is 2.31. The molecule has 0 radical (unpaired) electrons. The van der Waals surface area contributed by atoms with Gasteiger partial charge in [0.05, 0.1) is 5.54 Å². The van der Waals surface area contributed by atoms with Crippen molar-refractivity contribution >= 4 is 11.5 Å². The van der Waals surface area contributed by atoms with Crippen molar-refractivity contribution in [2.45, 2.75) is 51.0 Å². The van der Waals surface area contributed by atoms with E-state index in [4.69, 9.17) is 10.5 Å². The van der Waals surface area contributed by atoms with Crippen molar-refractivity contribution in [3.05, 3.63) is 5.82 Å². The normalized spacial score (nSPS) is 19.2. The zero-order valence-electron chi connectivity index (χ0n) is 9.90. The highest BCUT2D eigenvalue weighted by Gasteiger charge is 2.30. The van der Waals surface area contributed by atoms with Gasteiger partial charge in [0.1, 0.15) is 12.4 Å². The van der Waals surface area contributed by atoms with Crippen LogP contribution in [0.1, 0.15) is 51.3 Å². The van der Waals surface area contributed by atoms with Crippen LogP contribution in [0, 0.1) is 0 Å². The van der Waals surface area contributed by atoms with Gasteiger partial charge in [-0.2, -0.15) is 9.36 Å². The van der Waals surface area contributed by atoms with Crippen LogP contribution in [0.5, 0.6) is 5.19 Å². The molecule has 0 aliphatic heterocycles. The topological polar surface area (TPSA) is 61.0 Å². The van der Waals surface area contributed by atoms with Gasteiger partial charge in [0, 0.05) is 17.5 Å². The quantitative estimate of drug-likeness (QED) is 0.878. The Balaban J connectivity index is 1.89. The molecule has 1 aromatic heterocycles. The highest BCUT2D eigenvalue weighted by atomic mass is 32.1. The second kappa shape index (κ2) is 4.67. The smallest absolute Gasteiger partial charge is 0.293 e. The lowest BCUT2D eigenvalue weighted by Crippen LogP contribution is -2.42. The monoisotopic (exact) mass is 241 g/mol. The van der Waals surface area contributed by atoms with E-state index in [1.165, 1.54) is 24.4 Å². The molecule has 2 N–H and O–H groups in total. The highest BCUT2D eigenvalue weighted by molar-refractivity contribution is 7.07. The molecule has 1 heterocycles. The zero-order valence-corrected chi connectivity index (χ0v) is 10.7. The van der Waals surface area contributed by atoms with Crippen molar-refractivity contribution in [1.29, 1.82) is 0 Å². The number of aromatic nitrogens is 2. The Morgan fingerprint density at radius 3 is 2.69 bits per heavy atom. The molecule has 5 heteroatoms. The summed E-state index contributed by atoms with van der Waals surface area (Å²) >= 11 is 1.32. The summed E-state index contributed by atoms with van der Waals surface area (Å²) in [5.41, 5.74) is 6.07. The van der Waals surface area contributed by atoms with Crippen molar-refractivity contribution < 1.29 is 4.74 Å². The van der Waals surface area contributed by atoms with Gasteiger partial charge < -0.3 is 10.5 Å². The Labute approximate surface area is 100 Å². The number of hydrogen-bond donors (Lipinski definition) is 1. The first-order valence-electron chi connectivity index (χ1n) is 5.84. The van der Waals surface area contributed by atoms with Gasteiger partial charge in [0.15, 0.2) is 0 Å². The molecule has 1 saturated carbocycles. The van der Waals surface area contributed by atoms with Crippen LogP contribution >= 0.6 is 11.5 Å². The lowest BCUT2D eigenvalue weighted by atomic mass is 10.0. The number of rotatable bonds is 4. The minimum atomic E-state index is -0.135. The first-order chi connectivity index (χ1) is 7.59. The van der Waals surface area contributed by atoms with Gasteiger partial charge in [-0.1, -0.05) is 26.7 Å². The third-order valence-electron chi connectivity index (χ3n) is 3.02. The first kappa shape index (κ1) is 11.8. The molecule has 0 atom stereocenters. The van der Waals surface area contributed by atoms with Crippen molar-refractivity contribution in [1.82, 2.24) is 9.36 Å². The Morgan fingerprint density at radius 1 is 1.44 bits per heavy atom. The van der Waals surface area contributed by atoms with Crippen LogP contribution in [0.3, 0.4) is 0 Å². The van der Waals surface area contributed by atoms with E-state index in [-0.39, 0.29) is 5.54 Å². The fourth-order valence-corrected chi connectivity index (χ4v) is 2.61. The van der Waals surface area contributed by atoms with Gasteiger partial charge in [-0.3, -0.25) is 0 Å². The molecule has 1 fully saturated rings. The third kappa shape index (κ3) is 2.71. The van der Waals surface area contributed by atoms with Gasteiger partial charge in [-0.05, 0) is 12.8 Å². The third-order valence-corrected chi connectivity index (χ3v) is 3.67. The Hall–Kier alpha value is -0.680. The molecule has 0 spiro atoms. The van der Waals surface area contributed by atoms with Crippen molar-refractivity contribution in [3.63, 3.8) is 0 Å². The molecule has 1 aliphatic carbocycles. The summed E-state index contributed by atoms with van der Waals surface area (Å²) in [6.07, 6.45) is 4.55. The molecule has 0 saturated heterocycles. The summed E-state index contributed by atoms with van der Waals surface area (Å²) in [6.45, 7) is 4.72. The van der Waals surface area contributed by atoms with E-state index in [0.29, 0.717) is 17.7 Å². The number of hydrogen-bond acceptors (Lipinski definition) is 5. The zero-order chi connectivity index (χ0) is 11.6. The molecule has 0 aromatic carbocycles. The van der Waals surface area contributed by atoms with Crippen LogP contribution in [0.25, 0.3) is 0 Å². The minimum Gasteiger partial charge on any atom is -0.467 e. The maximum absolute atomic E-state index is 6.20. The fraction of sp³-hybridized carbons (Fsp3) is 0.818. The number of nitrogens with zero attached hydrogens (tertiary/aromatic N) is 2. The Bertz CT molecular complexity index is 345. The lowest BCUT2D eigenvalue weighted by Gasteiger charge is -2.22. The summed E-state index contributed by atoms with van der Waals surface area (Å²) in [5, 5.41) is 0.653. The van der Waals surface area contributed by atoms with Crippen LogP contribution < -0.4 is 10.5 Å². The number of ether oxygens (including phenoxy) is 1. The van der Waals surface area contributed by atoms with E-state index in [1.54, 1.807) is 0 Å². The second-order valence-electron chi connectivity index (χ2n) is 4.93. The standard InChI is InChI=1S/C11H19N3OS/c1-8(2)9-13-10(16-14-9)15-7-11(12)5-3-4-6-11/h8H,3-7,12H2,1-2H3. The molecule has 90 valence electrons. The van der Waals surface area contributed by atoms with E-state index >= 15 is 0 Å². The largest absolute Gasteiger partial charge is 0.467 e.